The molecule has 0 aromatic heterocycles. The van der Waals surface area contributed by atoms with E-state index in [1.54, 1.807) is 39.0 Å². The molecule has 1 aromatic carbocycles. The van der Waals surface area contributed by atoms with Gasteiger partial charge in [0.25, 0.3) is 5.91 Å². The number of aliphatic hydroxyl groups is 1. The summed E-state index contributed by atoms with van der Waals surface area (Å²) in [6.45, 7) is 7.01. The molecule has 2 amide bonds. The van der Waals surface area contributed by atoms with Gasteiger partial charge in [-0.05, 0) is 38.2 Å². The van der Waals surface area contributed by atoms with Crippen LogP contribution in [-0.4, -0.2) is 66.0 Å². The number of ether oxygens (including phenoxy) is 3. The Morgan fingerprint density at radius 3 is 2.41 bits per heavy atom. The molecule has 0 spiro atoms. The first-order chi connectivity index (χ1) is 18.3. The van der Waals surface area contributed by atoms with Gasteiger partial charge in [0.2, 0.25) is 0 Å². The van der Waals surface area contributed by atoms with Crippen LogP contribution in [0.15, 0.2) is 41.5 Å². The Balaban J connectivity index is 2.62. The number of nitrogens with one attached hydrogen (secondary N) is 1. The molecule has 1 heterocycles. The largest absolute Gasteiger partial charge is 0.506 e. The van der Waals surface area contributed by atoms with E-state index in [2.05, 4.69) is 5.32 Å². The number of amides is 2. The molecule has 2 bridgehead atoms. The van der Waals surface area contributed by atoms with Crippen LogP contribution >= 0.6 is 0 Å². The maximum atomic E-state index is 12.8. The zero-order valence-corrected chi connectivity index (χ0v) is 23.3. The van der Waals surface area contributed by atoms with E-state index in [4.69, 9.17) is 25.7 Å². The van der Waals surface area contributed by atoms with Crippen molar-refractivity contribution >= 4 is 23.4 Å². The number of hydrogen-bond acceptors (Lipinski definition) is 9. The van der Waals surface area contributed by atoms with E-state index >= 15 is 0 Å². The van der Waals surface area contributed by atoms with Gasteiger partial charge in [-0.2, -0.15) is 0 Å². The summed E-state index contributed by atoms with van der Waals surface area (Å²) in [5, 5.41) is 35.0. The van der Waals surface area contributed by atoms with Crippen molar-refractivity contribution in [3.63, 3.8) is 0 Å². The molecule has 0 saturated carbocycles. The Hall–Kier alpha value is -3.54. The predicted molar refractivity (Wildman–Crippen MR) is 148 cm³/mol. The van der Waals surface area contributed by atoms with Crippen LogP contribution in [0.25, 0.3) is 0 Å². The zero-order valence-electron chi connectivity index (χ0n) is 23.3. The summed E-state index contributed by atoms with van der Waals surface area (Å²) in [6, 6.07) is 1.19. The lowest BCUT2D eigenvalue weighted by atomic mass is 9.87. The van der Waals surface area contributed by atoms with E-state index in [1.165, 1.54) is 26.4 Å². The molecule has 216 valence electrons. The number of aromatic hydroxyl groups is 2. The van der Waals surface area contributed by atoms with Crippen molar-refractivity contribution in [1.82, 2.24) is 0 Å². The van der Waals surface area contributed by atoms with Gasteiger partial charge in [-0.1, -0.05) is 38.2 Å². The third-order valence-corrected chi connectivity index (χ3v) is 6.87. The summed E-state index contributed by atoms with van der Waals surface area (Å²) >= 11 is 0. The second-order valence-electron chi connectivity index (χ2n) is 10.0. The number of hydrogen-bond donors (Lipinski definition) is 6. The van der Waals surface area contributed by atoms with Gasteiger partial charge in [0.15, 0.2) is 6.10 Å². The minimum Gasteiger partial charge on any atom is -0.506 e. The summed E-state index contributed by atoms with van der Waals surface area (Å²) in [5.41, 5.74) is 12.6. The predicted octanol–water partition coefficient (Wildman–Crippen LogP) is 3.14. The maximum absolute atomic E-state index is 12.8. The van der Waals surface area contributed by atoms with Gasteiger partial charge in [0, 0.05) is 37.3 Å². The Bertz CT molecular complexity index is 1130. The second kappa shape index (κ2) is 14.0. The van der Waals surface area contributed by atoms with Crippen LogP contribution in [0.1, 0.15) is 39.7 Å². The van der Waals surface area contributed by atoms with Crippen LogP contribution in [0.3, 0.4) is 0 Å². The topological polar surface area (TPSA) is 187 Å². The number of benzene rings is 1. The van der Waals surface area contributed by atoms with Gasteiger partial charge >= 0.3 is 6.09 Å². The van der Waals surface area contributed by atoms with Gasteiger partial charge in [-0.15, -0.1) is 0 Å². The van der Waals surface area contributed by atoms with Crippen molar-refractivity contribution < 1.29 is 39.1 Å². The van der Waals surface area contributed by atoms with Crippen molar-refractivity contribution in [2.75, 3.05) is 25.3 Å². The van der Waals surface area contributed by atoms with E-state index in [9.17, 15) is 24.9 Å². The summed E-state index contributed by atoms with van der Waals surface area (Å²) in [6.07, 6.45) is 2.90. The molecule has 0 unspecified atom stereocenters. The molecule has 0 saturated heterocycles. The fourth-order valence-electron chi connectivity index (χ4n) is 4.63. The van der Waals surface area contributed by atoms with E-state index in [1.807, 2.05) is 6.92 Å². The van der Waals surface area contributed by atoms with Gasteiger partial charge in [0.1, 0.15) is 17.6 Å². The highest BCUT2D eigenvalue weighted by atomic mass is 16.6. The van der Waals surface area contributed by atoms with Gasteiger partial charge in [0.05, 0.1) is 23.6 Å². The molecular formula is C28H41N3O8. The van der Waals surface area contributed by atoms with Crippen LogP contribution in [0.4, 0.5) is 16.2 Å². The van der Waals surface area contributed by atoms with Gasteiger partial charge in [-0.25, -0.2) is 4.79 Å². The number of nitrogens with two attached hydrogens (primary N) is 2. The highest BCUT2D eigenvalue weighted by Crippen LogP contribution is 2.40. The van der Waals surface area contributed by atoms with E-state index in [0.717, 1.165) is 0 Å². The summed E-state index contributed by atoms with van der Waals surface area (Å²) < 4.78 is 16.5. The lowest BCUT2D eigenvalue weighted by Gasteiger charge is -2.29. The molecule has 6 atom stereocenters. The average molecular weight is 548 g/mol. The lowest BCUT2D eigenvalue weighted by molar-refractivity contribution is -0.112. The number of allylic oxidation sites excluding steroid dienone is 2. The molecule has 8 N–H and O–H groups in total. The summed E-state index contributed by atoms with van der Waals surface area (Å²) in [5.74, 6) is -1.63. The number of rotatable bonds is 3. The van der Waals surface area contributed by atoms with Gasteiger partial charge < -0.3 is 46.3 Å². The Labute approximate surface area is 229 Å². The number of fused-ring (bicyclic) bond motifs is 2. The molecule has 11 heteroatoms. The molecule has 0 fully saturated rings. The number of carbonyl (C=O) groups is 2. The number of aliphatic hydroxyl groups excluding tert-OH is 1. The van der Waals surface area contributed by atoms with E-state index < -0.39 is 42.3 Å². The zero-order chi connectivity index (χ0) is 29.4. The first-order valence-electron chi connectivity index (χ1n) is 12.7. The number of anilines is 2. The Morgan fingerprint density at radius 2 is 1.82 bits per heavy atom. The number of primary amides is 1. The van der Waals surface area contributed by atoms with Crippen LogP contribution in [0.2, 0.25) is 0 Å². The van der Waals surface area contributed by atoms with Crippen LogP contribution in [0.5, 0.6) is 11.5 Å². The highest BCUT2D eigenvalue weighted by Gasteiger charge is 2.30. The SMILES string of the molecule is CO[C@H]1C=CC=C(C)C(=O)Nc2cc(O)c(N)c(c2O)C[C@@H](C)C[C@H](OC)[C@H](O)[C@@H](C)C=C(C)[C@@H]1OC(N)=O. The summed E-state index contributed by atoms with van der Waals surface area (Å²) in [7, 11) is 2.93. The molecule has 11 nitrogen and oxygen atoms in total. The first-order valence-corrected chi connectivity index (χ1v) is 12.7. The number of phenolic OH excluding ortho intramolecular Hbond substituents is 2. The fraction of sp³-hybridized carbons (Fsp3) is 0.500. The fourth-order valence-corrected chi connectivity index (χ4v) is 4.63. The first kappa shape index (κ1) is 31.7. The third-order valence-electron chi connectivity index (χ3n) is 6.87. The Kier molecular flexibility index (Phi) is 11.4. The molecule has 39 heavy (non-hydrogen) atoms. The quantitative estimate of drug-likeness (QED) is 0.143. The van der Waals surface area contributed by atoms with Gasteiger partial charge in [-0.3, -0.25) is 4.79 Å². The number of phenols is 2. The minimum absolute atomic E-state index is 0.00464. The Morgan fingerprint density at radius 1 is 1.15 bits per heavy atom. The summed E-state index contributed by atoms with van der Waals surface area (Å²) in [4.78, 5) is 24.5. The van der Waals surface area contributed by atoms with Crippen molar-refractivity contribution in [2.24, 2.45) is 17.6 Å². The highest BCUT2D eigenvalue weighted by molar-refractivity contribution is 6.04. The third kappa shape index (κ3) is 8.22. The smallest absolute Gasteiger partial charge is 0.405 e. The molecule has 0 aliphatic carbocycles. The minimum atomic E-state index is -0.992. The van der Waals surface area contributed by atoms with Crippen LogP contribution in [-0.2, 0) is 25.4 Å². The second-order valence-corrected chi connectivity index (χ2v) is 10.0. The molecule has 0 radical (unpaired) electrons. The molecule has 2 rings (SSSR count). The number of carbonyl (C=O) groups excluding carboxylic acids is 2. The van der Waals surface area contributed by atoms with Crippen molar-refractivity contribution in [3.8, 4) is 11.5 Å². The molecular weight excluding hydrogens is 506 g/mol. The van der Waals surface area contributed by atoms with E-state index in [-0.39, 0.29) is 46.3 Å². The monoisotopic (exact) mass is 547 g/mol. The van der Waals surface area contributed by atoms with E-state index in [0.29, 0.717) is 12.0 Å². The van der Waals surface area contributed by atoms with Crippen LogP contribution < -0.4 is 16.8 Å². The van der Waals surface area contributed by atoms with Crippen LogP contribution in [0, 0.1) is 11.8 Å². The van der Waals surface area contributed by atoms with Crippen molar-refractivity contribution in [3.05, 3.63) is 47.1 Å². The standard InChI is InChI=1S/C28H41N3O8/c1-14-10-18-23(29)20(32)13-19(25(18)34)31-27(35)15(2)8-7-9-21(37-5)26(39-28(30)36)17(4)12-16(3)24(33)22(11-14)38-6/h7-9,12-14,16,21-22,24,26,32-34H,10-11,29H2,1-6H3,(H2,30,36)(H,31,35)/t14-,16+,21+,22+,24-,26+/m1/s1. The number of methoxy groups -OCH3 is 2. The van der Waals surface area contributed by atoms with Crippen molar-refractivity contribution in [1.29, 1.82) is 0 Å². The average Bonchev–Trinajstić information content (AvgIpc) is 2.88. The lowest BCUT2D eigenvalue weighted by Crippen LogP contribution is -2.37. The molecule has 1 aliphatic heterocycles. The number of nitrogen functional groups attached to an aromatic ring is 1. The molecule has 1 aromatic rings. The van der Waals surface area contributed by atoms with Crippen molar-refractivity contribution in [2.45, 2.75) is 65.0 Å². The normalized spacial score (nSPS) is 27.3. The maximum Gasteiger partial charge on any atom is 0.405 e. The molecule has 1 aliphatic rings.